The fourth-order valence-electron chi connectivity index (χ4n) is 3.62. The lowest BCUT2D eigenvalue weighted by atomic mass is 10.1. The number of sulfonamides is 1. The van der Waals surface area contributed by atoms with Crippen LogP contribution in [-0.4, -0.2) is 44.3 Å². The van der Waals surface area contributed by atoms with Crippen LogP contribution in [0.3, 0.4) is 0 Å². The number of hydrogen-bond donors (Lipinski definition) is 1. The smallest absolute Gasteiger partial charge is 0.264 e. The SMILES string of the molecule is CCCNC(=O)[C@H](C)N(Cc1ccc(F)cc1)C(=O)CN(c1ccc(I)cc1)S(=O)(=O)c1ccccc1. The van der Waals surface area contributed by atoms with Crippen molar-refractivity contribution in [2.24, 2.45) is 0 Å². The largest absolute Gasteiger partial charge is 0.354 e. The molecule has 0 aliphatic heterocycles. The van der Waals surface area contributed by atoms with E-state index in [0.29, 0.717) is 17.8 Å². The molecule has 0 heterocycles. The van der Waals surface area contributed by atoms with Gasteiger partial charge in [0.1, 0.15) is 18.4 Å². The summed E-state index contributed by atoms with van der Waals surface area (Å²) in [7, 11) is -4.10. The number of nitrogens with one attached hydrogen (secondary N) is 1. The molecule has 1 atom stereocenters. The van der Waals surface area contributed by atoms with Crippen molar-refractivity contribution in [1.82, 2.24) is 10.2 Å². The van der Waals surface area contributed by atoms with Gasteiger partial charge in [-0.3, -0.25) is 13.9 Å². The van der Waals surface area contributed by atoms with Crippen molar-refractivity contribution in [2.75, 3.05) is 17.4 Å². The minimum atomic E-state index is -4.10. The summed E-state index contributed by atoms with van der Waals surface area (Å²) in [6, 6.07) is 19.4. The highest BCUT2D eigenvalue weighted by Crippen LogP contribution is 2.25. The number of carbonyl (C=O) groups is 2. The van der Waals surface area contributed by atoms with Crippen LogP contribution in [0.5, 0.6) is 0 Å². The molecule has 0 aromatic heterocycles. The van der Waals surface area contributed by atoms with Crippen molar-refractivity contribution >= 4 is 50.1 Å². The topological polar surface area (TPSA) is 86.8 Å². The summed E-state index contributed by atoms with van der Waals surface area (Å²) in [5.41, 5.74) is 0.930. The summed E-state index contributed by atoms with van der Waals surface area (Å²) < 4.78 is 42.7. The maximum atomic E-state index is 13.7. The van der Waals surface area contributed by atoms with E-state index >= 15 is 0 Å². The second-order valence-electron chi connectivity index (χ2n) is 8.42. The molecule has 0 saturated carbocycles. The zero-order valence-corrected chi connectivity index (χ0v) is 23.6. The zero-order valence-electron chi connectivity index (χ0n) is 20.6. The molecule has 0 saturated heterocycles. The number of halogens is 2. The molecule has 10 heteroatoms. The van der Waals surface area contributed by atoms with Gasteiger partial charge in [-0.15, -0.1) is 0 Å². The van der Waals surface area contributed by atoms with Gasteiger partial charge in [-0.1, -0.05) is 37.3 Å². The van der Waals surface area contributed by atoms with Gasteiger partial charge in [0.25, 0.3) is 10.0 Å². The lowest BCUT2D eigenvalue weighted by Gasteiger charge is -2.32. The Morgan fingerprint density at radius 2 is 1.59 bits per heavy atom. The van der Waals surface area contributed by atoms with Crippen molar-refractivity contribution in [3.8, 4) is 0 Å². The predicted octanol–water partition coefficient (Wildman–Crippen LogP) is 4.57. The van der Waals surface area contributed by atoms with Gasteiger partial charge >= 0.3 is 0 Å². The number of carbonyl (C=O) groups excluding carboxylic acids is 2. The Bertz CT molecular complexity index is 1300. The number of nitrogens with zero attached hydrogens (tertiary/aromatic N) is 2. The molecule has 3 rings (SSSR count). The molecule has 1 N–H and O–H groups in total. The van der Waals surface area contributed by atoms with Crippen LogP contribution in [0.25, 0.3) is 0 Å². The van der Waals surface area contributed by atoms with E-state index in [1.54, 1.807) is 49.4 Å². The third kappa shape index (κ3) is 7.51. The zero-order chi connectivity index (χ0) is 27.0. The van der Waals surface area contributed by atoms with Gasteiger partial charge in [-0.05, 0) is 90.0 Å². The Labute approximate surface area is 230 Å². The average molecular weight is 638 g/mol. The van der Waals surface area contributed by atoms with Crippen LogP contribution >= 0.6 is 22.6 Å². The van der Waals surface area contributed by atoms with Crippen LogP contribution < -0.4 is 9.62 Å². The molecule has 37 heavy (non-hydrogen) atoms. The summed E-state index contributed by atoms with van der Waals surface area (Å²) in [5, 5.41) is 2.78. The first-order valence-electron chi connectivity index (χ1n) is 11.8. The predicted molar refractivity (Wildman–Crippen MR) is 150 cm³/mol. The summed E-state index contributed by atoms with van der Waals surface area (Å²) >= 11 is 2.12. The van der Waals surface area contributed by atoms with E-state index in [9.17, 15) is 22.4 Å². The van der Waals surface area contributed by atoms with Gasteiger partial charge < -0.3 is 10.2 Å². The summed E-state index contributed by atoms with van der Waals surface area (Å²) in [5.74, 6) is -1.35. The average Bonchev–Trinajstić information content (AvgIpc) is 2.90. The standard InChI is InChI=1S/C27H29FIN3O4S/c1-3-17-30-27(34)20(2)31(18-21-9-11-22(28)12-10-21)26(33)19-32(24-15-13-23(29)14-16-24)37(35,36)25-7-5-4-6-8-25/h4-16,20H,3,17-19H2,1-2H3,(H,30,34)/t20-/m0/s1. The molecule has 3 aromatic carbocycles. The van der Waals surface area contributed by atoms with Crippen molar-refractivity contribution in [2.45, 2.75) is 37.8 Å². The van der Waals surface area contributed by atoms with Crippen molar-refractivity contribution in [3.05, 3.63) is 93.8 Å². The van der Waals surface area contributed by atoms with E-state index < -0.39 is 34.3 Å². The molecule has 0 aliphatic rings. The first kappa shape index (κ1) is 28.6. The minimum Gasteiger partial charge on any atom is -0.354 e. The van der Waals surface area contributed by atoms with Crippen molar-refractivity contribution in [1.29, 1.82) is 0 Å². The number of rotatable bonds is 11. The van der Waals surface area contributed by atoms with Crippen LogP contribution in [0, 0.1) is 9.39 Å². The second kappa shape index (κ2) is 13.0. The first-order valence-corrected chi connectivity index (χ1v) is 14.3. The Kier molecular flexibility index (Phi) is 10.0. The van der Waals surface area contributed by atoms with Gasteiger partial charge in [0, 0.05) is 16.7 Å². The van der Waals surface area contributed by atoms with Gasteiger partial charge in [-0.25, -0.2) is 12.8 Å². The molecule has 0 radical (unpaired) electrons. The van der Waals surface area contributed by atoms with Crippen LogP contribution in [0.4, 0.5) is 10.1 Å². The molecule has 3 aromatic rings. The molecule has 0 fully saturated rings. The molecule has 0 aliphatic carbocycles. The fourth-order valence-corrected chi connectivity index (χ4v) is 5.42. The number of hydrogen-bond acceptors (Lipinski definition) is 4. The molecular formula is C27H29FIN3O4S. The molecular weight excluding hydrogens is 608 g/mol. The van der Waals surface area contributed by atoms with Crippen LogP contribution in [-0.2, 0) is 26.2 Å². The van der Waals surface area contributed by atoms with Crippen LogP contribution in [0.15, 0.2) is 83.8 Å². The van der Waals surface area contributed by atoms with Gasteiger partial charge in [0.05, 0.1) is 10.6 Å². The number of benzene rings is 3. The third-order valence-corrected chi connectivity index (χ3v) is 8.21. The van der Waals surface area contributed by atoms with E-state index in [0.717, 1.165) is 14.3 Å². The Morgan fingerprint density at radius 3 is 2.19 bits per heavy atom. The summed E-state index contributed by atoms with van der Waals surface area (Å²) in [6.45, 7) is 3.43. The second-order valence-corrected chi connectivity index (χ2v) is 11.5. The van der Waals surface area contributed by atoms with E-state index in [1.807, 2.05) is 6.92 Å². The molecule has 196 valence electrons. The Hall–Kier alpha value is -2.99. The van der Waals surface area contributed by atoms with Crippen LogP contribution in [0.1, 0.15) is 25.8 Å². The monoisotopic (exact) mass is 637 g/mol. The number of anilines is 1. The summed E-state index contributed by atoms with van der Waals surface area (Å²) in [4.78, 5) is 27.9. The fraction of sp³-hybridized carbons (Fsp3) is 0.259. The van der Waals surface area contributed by atoms with Gasteiger partial charge in [0.2, 0.25) is 11.8 Å². The van der Waals surface area contributed by atoms with Crippen LogP contribution in [0.2, 0.25) is 0 Å². The summed E-state index contributed by atoms with van der Waals surface area (Å²) in [6.07, 6.45) is 0.722. The highest BCUT2D eigenvalue weighted by atomic mass is 127. The third-order valence-electron chi connectivity index (χ3n) is 5.71. The maximum absolute atomic E-state index is 13.7. The number of amides is 2. The van der Waals surface area contributed by atoms with E-state index in [-0.39, 0.29) is 17.3 Å². The Morgan fingerprint density at radius 1 is 0.973 bits per heavy atom. The lowest BCUT2D eigenvalue weighted by Crippen LogP contribution is -2.51. The van der Waals surface area contributed by atoms with Crippen molar-refractivity contribution in [3.63, 3.8) is 0 Å². The van der Waals surface area contributed by atoms with E-state index in [1.165, 1.54) is 41.3 Å². The van der Waals surface area contributed by atoms with E-state index in [2.05, 4.69) is 27.9 Å². The first-order chi connectivity index (χ1) is 17.6. The molecule has 0 spiro atoms. The van der Waals surface area contributed by atoms with E-state index in [4.69, 9.17) is 0 Å². The lowest BCUT2D eigenvalue weighted by molar-refractivity contribution is -0.139. The van der Waals surface area contributed by atoms with Gasteiger partial charge in [-0.2, -0.15) is 0 Å². The normalized spacial score (nSPS) is 12.0. The quantitative estimate of drug-likeness (QED) is 0.313. The molecule has 2 amide bonds. The highest BCUT2D eigenvalue weighted by Gasteiger charge is 2.32. The van der Waals surface area contributed by atoms with Crippen molar-refractivity contribution < 1.29 is 22.4 Å². The molecule has 7 nitrogen and oxygen atoms in total. The molecule has 0 unspecified atom stereocenters. The highest BCUT2D eigenvalue weighted by molar-refractivity contribution is 14.1. The van der Waals surface area contributed by atoms with Gasteiger partial charge in [0.15, 0.2) is 0 Å². The minimum absolute atomic E-state index is 0.00569. The Balaban J connectivity index is 1.99. The maximum Gasteiger partial charge on any atom is 0.264 e. The molecule has 0 bridgehead atoms.